The highest BCUT2D eigenvalue weighted by Crippen LogP contribution is 2.22. The van der Waals surface area contributed by atoms with Gasteiger partial charge in [0.05, 0.1) is 6.54 Å². The van der Waals surface area contributed by atoms with Crippen LogP contribution in [-0.4, -0.2) is 46.0 Å². The first-order valence-electron chi connectivity index (χ1n) is 8.68. The quantitative estimate of drug-likeness (QED) is 0.554. The molecule has 8 nitrogen and oxygen atoms in total. The summed E-state index contributed by atoms with van der Waals surface area (Å²) in [5, 5.41) is 6.23. The van der Waals surface area contributed by atoms with Gasteiger partial charge in [0.2, 0.25) is 5.95 Å². The van der Waals surface area contributed by atoms with Crippen molar-refractivity contribution in [3.05, 3.63) is 42.5 Å². The summed E-state index contributed by atoms with van der Waals surface area (Å²) >= 11 is 0. The van der Waals surface area contributed by atoms with Crippen molar-refractivity contribution in [2.45, 2.75) is 20.1 Å². The molecule has 0 atom stereocenters. The van der Waals surface area contributed by atoms with Crippen molar-refractivity contribution in [3.8, 4) is 0 Å². The van der Waals surface area contributed by atoms with Crippen LogP contribution in [0.4, 0.5) is 21.8 Å². The third kappa shape index (κ3) is 5.05. The predicted octanol–water partition coefficient (Wildman–Crippen LogP) is 3.11. The SMILES string of the molecule is CCOC(CNc1nc(Nc2ccc(F)cc2)c2nccnc2n1)OCC. The Labute approximate surface area is 156 Å². The number of anilines is 3. The maximum Gasteiger partial charge on any atom is 0.227 e. The normalized spacial score (nSPS) is 11.1. The molecule has 2 heterocycles. The molecule has 2 aromatic heterocycles. The predicted molar refractivity (Wildman–Crippen MR) is 100 cm³/mol. The zero-order chi connectivity index (χ0) is 19.1. The van der Waals surface area contributed by atoms with Crippen LogP contribution in [0.2, 0.25) is 0 Å². The Kier molecular flexibility index (Phi) is 6.39. The molecule has 0 bridgehead atoms. The molecule has 27 heavy (non-hydrogen) atoms. The van der Waals surface area contributed by atoms with E-state index in [1.54, 1.807) is 24.5 Å². The molecule has 1 aromatic carbocycles. The first-order chi connectivity index (χ1) is 13.2. The number of rotatable bonds is 9. The van der Waals surface area contributed by atoms with Gasteiger partial charge in [-0.2, -0.15) is 9.97 Å². The highest BCUT2D eigenvalue weighted by atomic mass is 19.1. The second kappa shape index (κ2) is 9.15. The fourth-order valence-corrected chi connectivity index (χ4v) is 2.41. The smallest absolute Gasteiger partial charge is 0.227 e. The van der Waals surface area contributed by atoms with Gasteiger partial charge in [0.25, 0.3) is 0 Å². The number of hydrogen-bond donors (Lipinski definition) is 2. The molecular weight excluding hydrogens is 351 g/mol. The van der Waals surface area contributed by atoms with Crippen LogP contribution in [0, 0.1) is 5.82 Å². The average molecular weight is 372 g/mol. The number of nitrogens with zero attached hydrogens (tertiary/aromatic N) is 4. The minimum atomic E-state index is -0.408. The van der Waals surface area contributed by atoms with E-state index in [-0.39, 0.29) is 5.82 Å². The van der Waals surface area contributed by atoms with Gasteiger partial charge < -0.3 is 20.1 Å². The van der Waals surface area contributed by atoms with Crippen molar-refractivity contribution in [1.82, 2.24) is 19.9 Å². The van der Waals surface area contributed by atoms with Crippen molar-refractivity contribution < 1.29 is 13.9 Å². The fourth-order valence-electron chi connectivity index (χ4n) is 2.41. The lowest BCUT2D eigenvalue weighted by molar-refractivity contribution is -0.126. The van der Waals surface area contributed by atoms with E-state index >= 15 is 0 Å². The lowest BCUT2D eigenvalue weighted by Crippen LogP contribution is -2.27. The molecule has 0 unspecified atom stereocenters. The van der Waals surface area contributed by atoms with Gasteiger partial charge in [0.15, 0.2) is 23.3 Å². The summed E-state index contributed by atoms with van der Waals surface area (Å²) < 4.78 is 24.2. The zero-order valence-corrected chi connectivity index (χ0v) is 15.1. The maximum absolute atomic E-state index is 13.1. The first kappa shape index (κ1) is 18.9. The molecule has 0 aliphatic carbocycles. The number of nitrogens with one attached hydrogen (secondary N) is 2. The molecule has 3 rings (SSSR count). The highest BCUT2D eigenvalue weighted by Gasteiger charge is 2.13. The standard InChI is InChI=1S/C18H21FN6O2/c1-3-26-14(27-4-2)11-22-18-24-16-15(20-9-10-21-16)17(25-18)23-13-7-5-12(19)6-8-13/h5-10,14H,3-4,11H2,1-2H3,(H2,21,22,23,24,25). The molecule has 3 aromatic rings. The van der Waals surface area contributed by atoms with Gasteiger partial charge in [-0.15, -0.1) is 0 Å². The highest BCUT2D eigenvalue weighted by molar-refractivity contribution is 5.85. The molecule has 9 heteroatoms. The Morgan fingerprint density at radius 2 is 1.70 bits per heavy atom. The Morgan fingerprint density at radius 3 is 2.41 bits per heavy atom. The summed E-state index contributed by atoms with van der Waals surface area (Å²) in [6, 6.07) is 5.97. The van der Waals surface area contributed by atoms with Crippen LogP contribution in [0.3, 0.4) is 0 Å². The van der Waals surface area contributed by atoms with Crippen LogP contribution in [0.15, 0.2) is 36.7 Å². The lowest BCUT2D eigenvalue weighted by atomic mass is 10.3. The monoisotopic (exact) mass is 372 g/mol. The number of ether oxygens (including phenoxy) is 2. The van der Waals surface area contributed by atoms with Crippen LogP contribution >= 0.6 is 0 Å². The van der Waals surface area contributed by atoms with Crippen molar-refractivity contribution >= 4 is 28.6 Å². The molecule has 0 radical (unpaired) electrons. The number of benzene rings is 1. The van der Waals surface area contributed by atoms with Crippen LogP contribution in [-0.2, 0) is 9.47 Å². The third-order valence-corrected chi connectivity index (χ3v) is 3.57. The van der Waals surface area contributed by atoms with E-state index in [1.807, 2.05) is 13.8 Å². The summed E-state index contributed by atoms with van der Waals surface area (Å²) in [5.74, 6) is 0.511. The molecule has 0 aliphatic rings. The minimum absolute atomic E-state index is 0.312. The van der Waals surface area contributed by atoms with Gasteiger partial charge >= 0.3 is 0 Å². The number of halogens is 1. The fraction of sp³-hybridized carbons (Fsp3) is 0.333. The number of hydrogen-bond acceptors (Lipinski definition) is 8. The van der Waals surface area contributed by atoms with Crippen LogP contribution in [0.25, 0.3) is 11.2 Å². The van der Waals surface area contributed by atoms with Gasteiger partial charge in [-0.1, -0.05) is 0 Å². The summed E-state index contributed by atoms with van der Waals surface area (Å²) in [6.45, 7) is 5.25. The lowest BCUT2D eigenvalue weighted by Gasteiger charge is -2.17. The summed E-state index contributed by atoms with van der Waals surface area (Å²) in [4.78, 5) is 17.4. The van der Waals surface area contributed by atoms with Gasteiger partial charge in [0, 0.05) is 31.3 Å². The van der Waals surface area contributed by atoms with Gasteiger partial charge in [0.1, 0.15) is 5.82 Å². The minimum Gasteiger partial charge on any atom is -0.351 e. The molecule has 0 spiro atoms. The summed E-state index contributed by atoms with van der Waals surface area (Å²) in [7, 11) is 0. The Hall–Kier alpha value is -2.91. The van der Waals surface area contributed by atoms with Crippen LogP contribution in [0.1, 0.15) is 13.8 Å². The maximum atomic E-state index is 13.1. The Balaban J connectivity index is 1.84. The van der Waals surface area contributed by atoms with Crippen LogP contribution < -0.4 is 10.6 Å². The topological polar surface area (TPSA) is 94.1 Å². The van der Waals surface area contributed by atoms with Gasteiger partial charge in [-0.3, -0.25) is 0 Å². The summed E-state index contributed by atoms with van der Waals surface area (Å²) in [6.07, 6.45) is 2.72. The van der Waals surface area contributed by atoms with E-state index < -0.39 is 6.29 Å². The second-order valence-corrected chi connectivity index (χ2v) is 5.48. The molecule has 0 saturated carbocycles. The third-order valence-electron chi connectivity index (χ3n) is 3.57. The van der Waals surface area contributed by atoms with Crippen molar-refractivity contribution in [1.29, 1.82) is 0 Å². The summed E-state index contributed by atoms with van der Waals surface area (Å²) in [5.41, 5.74) is 1.62. The zero-order valence-electron chi connectivity index (χ0n) is 15.1. The van der Waals surface area contributed by atoms with Crippen molar-refractivity contribution in [2.24, 2.45) is 0 Å². The van der Waals surface area contributed by atoms with Gasteiger partial charge in [-0.25, -0.2) is 14.4 Å². The van der Waals surface area contributed by atoms with Gasteiger partial charge in [-0.05, 0) is 38.1 Å². The molecule has 142 valence electrons. The Morgan fingerprint density at radius 1 is 1.00 bits per heavy atom. The van der Waals surface area contributed by atoms with Crippen molar-refractivity contribution in [2.75, 3.05) is 30.4 Å². The molecule has 0 aliphatic heterocycles. The van der Waals surface area contributed by atoms with Crippen LogP contribution in [0.5, 0.6) is 0 Å². The molecule has 2 N–H and O–H groups in total. The number of fused-ring (bicyclic) bond motifs is 1. The van der Waals surface area contributed by atoms with E-state index in [9.17, 15) is 4.39 Å². The van der Waals surface area contributed by atoms with E-state index in [4.69, 9.17) is 9.47 Å². The van der Waals surface area contributed by atoms with E-state index in [2.05, 4.69) is 30.6 Å². The second-order valence-electron chi connectivity index (χ2n) is 5.48. The van der Waals surface area contributed by atoms with E-state index in [0.29, 0.717) is 48.4 Å². The first-order valence-corrected chi connectivity index (χ1v) is 8.68. The molecule has 0 amide bonds. The Bertz CT molecular complexity index is 871. The average Bonchev–Trinajstić information content (AvgIpc) is 2.68. The molecule has 0 saturated heterocycles. The van der Waals surface area contributed by atoms with E-state index in [1.165, 1.54) is 12.1 Å². The molecular formula is C18H21FN6O2. The number of aromatic nitrogens is 4. The largest absolute Gasteiger partial charge is 0.351 e. The molecule has 0 fully saturated rings. The van der Waals surface area contributed by atoms with Crippen molar-refractivity contribution in [3.63, 3.8) is 0 Å². The van der Waals surface area contributed by atoms with E-state index in [0.717, 1.165) is 0 Å².